The predicted octanol–water partition coefficient (Wildman–Crippen LogP) is 1.79. The molecule has 32 heavy (non-hydrogen) atoms. The van der Waals surface area contributed by atoms with Crippen LogP contribution in [0.1, 0.15) is 17.5 Å². The van der Waals surface area contributed by atoms with E-state index in [1.807, 2.05) is 0 Å². The Balaban J connectivity index is 1.62. The maximum atomic E-state index is 13.6. The maximum Gasteiger partial charge on any atom is 0.250 e. The van der Waals surface area contributed by atoms with Crippen LogP contribution in [0.15, 0.2) is 42.5 Å². The van der Waals surface area contributed by atoms with Crippen molar-refractivity contribution in [2.75, 3.05) is 5.32 Å². The zero-order valence-electron chi connectivity index (χ0n) is 16.6. The lowest BCUT2D eigenvalue weighted by Gasteiger charge is -2.29. The number of nitrogens with two attached hydrogens (primary N) is 1. The Morgan fingerprint density at radius 2 is 1.84 bits per heavy atom. The lowest BCUT2D eigenvalue weighted by atomic mass is 9.76. The van der Waals surface area contributed by atoms with Gasteiger partial charge in [0.05, 0.1) is 18.4 Å². The van der Waals surface area contributed by atoms with E-state index in [2.05, 4.69) is 10.6 Å². The van der Waals surface area contributed by atoms with Gasteiger partial charge in [0.1, 0.15) is 5.54 Å². The van der Waals surface area contributed by atoms with Crippen molar-refractivity contribution in [1.82, 2.24) is 10.2 Å². The van der Waals surface area contributed by atoms with Crippen molar-refractivity contribution in [3.63, 3.8) is 0 Å². The second-order valence-corrected chi connectivity index (χ2v) is 9.07. The van der Waals surface area contributed by atoms with Gasteiger partial charge in [-0.15, -0.1) is 0 Å². The highest BCUT2D eigenvalue weighted by Gasteiger charge is 2.70. The molecule has 3 aliphatic heterocycles. The molecule has 4 atom stereocenters. The largest absolute Gasteiger partial charge is 0.370 e. The molecule has 0 saturated carbocycles. The molecular weight excluding hydrogens is 455 g/mol. The molecule has 0 aromatic heterocycles. The van der Waals surface area contributed by atoms with Crippen LogP contribution in [0.3, 0.4) is 0 Å². The van der Waals surface area contributed by atoms with Gasteiger partial charge >= 0.3 is 0 Å². The summed E-state index contributed by atoms with van der Waals surface area (Å²) in [6.07, 6.45) is -0.203. The number of benzene rings is 2. The molecule has 0 radical (unpaired) electrons. The summed E-state index contributed by atoms with van der Waals surface area (Å²) in [7, 11) is 0. The number of halogens is 2. The number of carbonyl (C=O) groups excluding carboxylic acids is 4. The molecule has 2 fully saturated rings. The normalized spacial score (nSPS) is 28.2. The zero-order chi connectivity index (χ0) is 22.8. The average molecular weight is 473 g/mol. The third-order valence-electron chi connectivity index (χ3n) is 6.48. The Labute approximate surface area is 193 Å². The lowest BCUT2D eigenvalue weighted by molar-refractivity contribution is -0.143. The summed E-state index contributed by atoms with van der Waals surface area (Å²) < 4.78 is 0. The number of imide groups is 1. The van der Waals surface area contributed by atoms with Crippen molar-refractivity contribution in [1.29, 1.82) is 0 Å². The van der Waals surface area contributed by atoms with Gasteiger partial charge in [0, 0.05) is 33.8 Å². The summed E-state index contributed by atoms with van der Waals surface area (Å²) >= 11 is 12.4. The number of anilines is 1. The van der Waals surface area contributed by atoms with Gasteiger partial charge < -0.3 is 11.1 Å². The first-order chi connectivity index (χ1) is 15.2. The van der Waals surface area contributed by atoms with E-state index >= 15 is 0 Å². The van der Waals surface area contributed by atoms with Gasteiger partial charge in [0.2, 0.25) is 23.6 Å². The predicted molar refractivity (Wildman–Crippen MR) is 116 cm³/mol. The Kier molecular flexibility index (Phi) is 4.77. The van der Waals surface area contributed by atoms with Crippen LogP contribution >= 0.6 is 23.2 Å². The fourth-order valence-corrected chi connectivity index (χ4v) is 5.55. The number of nitrogens with zero attached hydrogens (tertiary/aromatic N) is 1. The average Bonchev–Trinajstić information content (AvgIpc) is 3.30. The topological polar surface area (TPSA) is 122 Å². The highest BCUT2D eigenvalue weighted by atomic mass is 35.5. The van der Waals surface area contributed by atoms with E-state index in [-0.39, 0.29) is 13.0 Å². The molecule has 10 heteroatoms. The number of amides is 4. The summed E-state index contributed by atoms with van der Waals surface area (Å²) in [6.45, 7) is -0.0340. The maximum absolute atomic E-state index is 13.6. The Bertz CT molecular complexity index is 1200. The summed E-state index contributed by atoms with van der Waals surface area (Å²) in [5, 5.41) is 6.69. The second-order valence-electron chi connectivity index (χ2n) is 8.23. The van der Waals surface area contributed by atoms with E-state index in [4.69, 9.17) is 28.9 Å². The number of rotatable bonds is 4. The van der Waals surface area contributed by atoms with Crippen LogP contribution in [-0.4, -0.2) is 34.6 Å². The SMILES string of the molecule is NC(=O)CC1NC2(C(=O)Nc3ccc(Cl)cc32)C2C(=O)N(Cc3ccccc3Cl)C(=O)C12. The molecule has 2 saturated heterocycles. The summed E-state index contributed by atoms with van der Waals surface area (Å²) in [5.74, 6) is -4.10. The van der Waals surface area contributed by atoms with E-state index in [1.54, 1.807) is 42.5 Å². The van der Waals surface area contributed by atoms with Crippen molar-refractivity contribution in [3.8, 4) is 0 Å². The molecule has 3 aliphatic rings. The number of likely N-dealkylation sites (tertiary alicyclic amines) is 1. The molecule has 3 heterocycles. The summed E-state index contributed by atoms with van der Waals surface area (Å²) in [4.78, 5) is 53.2. The molecule has 2 aromatic carbocycles. The van der Waals surface area contributed by atoms with E-state index in [9.17, 15) is 19.2 Å². The highest BCUT2D eigenvalue weighted by Crippen LogP contribution is 2.54. The smallest absolute Gasteiger partial charge is 0.250 e. The van der Waals surface area contributed by atoms with Crippen LogP contribution in [0.4, 0.5) is 5.69 Å². The molecule has 0 bridgehead atoms. The van der Waals surface area contributed by atoms with Gasteiger partial charge in [0.15, 0.2) is 0 Å². The van der Waals surface area contributed by atoms with E-state index < -0.39 is 47.0 Å². The third-order valence-corrected chi connectivity index (χ3v) is 7.08. The van der Waals surface area contributed by atoms with Crippen molar-refractivity contribution in [2.24, 2.45) is 17.6 Å². The van der Waals surface area contributed by atoms with Crippen LogP contribution in [0, 0.1) is 11.8 Å². The van der Waals surface area contributed by atoms with Gasteiger partial charge in [0.25, 0.3) is 0 Å². The number of fused-ring (bicyclic) bond motifs is 4. The van der Waals surface area contributed by atoms with Crippen molar-refractivity contribution < 1.29 is 19.2 Å². The first kappa shape index (κ1) is 20.9. The molecule has 2 aromatic rings. The van der Waals surface area contributed by atoms with Gasteiger partial charge in [-0.25, -0.2) is 0 Å². The number of nitrogens with one attached hydrogen (secondary N) is 2. The second kappa shape index (κ2) is 7.30. The van der Waals surface area contributed by atoms with Gasteiger partial charge in [-0.1, -0.05) is 41.4 Å². The van der Waals surface area contributed by atoms with Crippen molar-refractivity contribution in [2.45, 2.75) is 24.5 Å². The molecule has 0 aliphatic carbocycles. The monoisotopic (exact) mass is 472 g/mol. The molecular formula is C22H18Cl2N4O4. The first-order valence-electron chi connectivity index (χ1n) is 10.00. The minimum Gasteiger partial charge on any atom is -0.370 e. The Hall–Kier alpha value is -2.94. The van der Waals surface area contributed by atoms with Crippen LogP contribution < -0.4 is 16.4 Å². The van der Waals surface area contributed by atoms with E-state index in [1.165, 1.54) is 0 Å². The first-order valence-corrected chi connectivity index (χ1v) is 10.8. The minimum absolute atomic E-state index is 0.0340. The van der Waals surface area contributed by atoms with Gasteiger partial charge in [-0.2, -0.15) is 0 Å². The Morgan fingerprint density at radius 3 is 2.56 bits per heavy atom. The molecule has 8 nitrogen and oxygen atoms in total. The van der Waals surface area contributed by atoms with Gasteiger partial charge in [-0.3, -0.25) is 29.4 Å². The highest BCUT2D eigenvalue weighted by molar-refractivity contribution is 6.31. The van der Waals surface area contributed by atoms with Crippen LogP contribution in [0.5, 0.6) is 0 Å². The molecule has 4 N–H and O–H groups in total. The number of primary amides is 1. The minimum atomic E-state index is -1.53. The number of carbonyl (C=O) groups is 4. The summed E-state index contributed by atoms with van der Waals surface area (Å²) in [5.41, 5.74) is 5.46. The van der Waals surface area contributed by atoms with E-state index in [0.717, 1.165) is 4.90 Å². The molecule has 4 unspecified atom stereocenters. The van der Waals surface area contributed by atoms with Crippen LogP contribution in [-0.2, 0) is 31.3 Å². The zero-order valence-corrected chi connectivity index (χ0v) is 18.1. The van der Waals surface area contributed by atoms with E-state index in [0.29, 0.717) is 26.9 Å². The molecule has 1 spiro atoms. The number of hydrogen-bond acceptors (Lipinski definition) is 5. The molecule has 5 rings (SSSR count). The van der Waals surface area contributed by atoms with Crippen molar-refractivity contribution in [3.05, 3.63) is 63.6 Å². The molecule has 164 valence electrons. The standard InChI is InChI=1S/C22H18Cl2N4O4/c23-11-5-6-14-12(7-11)22(21(32)26-14)18-17(15(27-22)8-16(25)29)19(30)28(20(18)31)9-10-3-1-2-4-13(10)24/h1-7,15,17-18,27H,8-9H2,(H2,25,29)(H,26,32). The third kappa shape index (κ3) is 2.87. The lowest BCUT2D eigenvalue weighted by Crippen LogP contribution is -2.53. The fraction of sp³-hybridized carbons (Fsp3) is 0.273. The molecule has 4 amide bonds. The van der Waals surface area contributed by atoms with Crippen molar-refractivity contribution >= 4 is 52.5 Å². The quantitative estimate of drug-likeness (QED) is 0.585. The number of hydrogen-bond donors (Lipinski definition) is 3. The fourth-order valence-electron chi connectivity index (χ4n) is 5.18. The Morgan fingerprint density at radius 1 is 1.09 bits per heavy atom. The van der Waals surface area contributed by atoms with Crippen LogP contribution in [0.25, 0.3) is 0 Å². The van der Waals surface area contributed by atoms with Crippen LogP contribution in [0.2, 0.25) is 10.0 Å². The van der Waals surface area contributed by atoms with Gasteiger partial charge in [-0.05, 0) is 29.8 Å². The summed E-state index contributed by atoms with van der Waals surface area (Å²) in [6, 6.07) is 11.0.